The number of hydrogen-bond donors (Lipinski definition) is 2. The van der Waals surface area contributed by atoms with E-state index in [9.17, 15) is 27.6 Å². The molecule has 0 saturated heterocycles. The molecule has 2 amide bonds. The van der Waals surface area contributed by atoms with E-state index in [1.54, 1.807) is 41.9 Å². The van der Waals surface area contributed by atoms with Crippen LogP contribution in [0, 0.1) is 0 Å². The second-order valence-corrected chi connectivity index (χ2v) is 13.0. The summed E-state index contributed by atoms with van der Waals surface area (Å²) in [6.07, 6.45) is 6.00. The highest BCUT2D eigenvalue weighted by atomic mass is 35.5. The highest BCUT2D eigenvalue weighted by molar-refractivity contribution is 7.85. The molecular formula is C32H40ClN3O8S. The minimum atomic E-state index is -4.11. The summed E-state index contributed by atoms with van der Waals surface area (Å²) < 4.78 is 37.5. The van der Waals surface area contributed by atoms with Crippen molar-refractivity contribution in [1.82, 2.24) is 14.8 Å². The quantitative estimate of drug-likeness (QED) is 0.124. The number of benzene rings is 2. The monoisotopic (exact) mass is 661 g/mol. The Balaban J connectivity index is 1.38. The molecule has 0 bridgehead atoms. The van der Waals surface area contributed by atoms with Gasteiger partial charge in [0.2, 0.25) is 11.3 Å². The van der Waals surface area contributed by atoms with E-state index in [1.807, 2.05) is 12.1 Å². The van der Waals surface area contributed by atoms with Crippen molar-refractivity contribution in [1.29, 1.82) is 0 Å². The lowest BCUT2D eigenvalue weighted by Crippen LogP contribution is -2.31. The smallest absolute Gasteiger partial charge is 0.305 e. The molecule has 0 aliphatic heterocycles. The van der Waals surface area contributed by atoms with Gasteiger partial charge in [0.05, 0.1) is 17.9 Å². The molecule has 244 valence electrons. The number of aryl methyl sites for hydroxylation is 2. The zero-order valence-electron chi connectivity index (χ0n) is 25.6. The first-order valence-corrected chi connectivity index (χ1v) is 16.8. The van der Waals surface area contributed by atoms with Crippen LogP contribution in [-0.4, -0.2) is 66.2 Å². The Kier molecular flexibility index (Phi) is 13.6. The Morgan fingerprint density at radius 2 is 1.64 bits per heavy atom. The van der Waals surface area contributed by atoms with E-state index in [2.05, 4.69) is 5.32 Å². The fraction of sp³-hybridized carbons (Fsp3) is 0.438. The highest BCUT2D eigenvalue weighted by Crippen LogP contribution is 2.16. The van der Waals surface area contributed by atoms with Crippen molar-refractivity contribution in [2.45, 2.75) is 57.9 Å². The Morgan fingerprint density at radius 3 is 2.33 bits per heavy atom. The van der Waals surface area contributed by atoms with Gasteiger partial charge in [-0.05, 0) is 61.1 Å². The summed E-state index contributed by atoms with van der Waals surface area (Å²) in [5, 5.41) is 3.83. The number of amides is 2. The third-order valence-electron chi connectivity index (χ3n) is 7.37. The van der Waals surface area contributed by atoms with Gasteiger partial charge in [-0.25, -0.2) is 0 Å². The van der Waals surface area contributed by atoms with Gasteiger partial charge in [-0.3, -0.25) is 23.7 Å². The van der Waals surface area contributed by atoms with Crippen molar-refractivity contribution in [2.75, 3.05) is 26.0 Å². The molecule has 3 aromatic rings. The number of nitrogens with zero attached hydrogens (tertiary/aromatic N) is 2. The lowest BCUT2D eigenvalue weighted by molar-refractivity contribution is -0.143. The van der Waals surface area contributed by atoms with Gasteiger partial charge in [0, 0.05) is 56.6 Å². The van der Waals surface area contributed by atoms with E-state index in [-0.39, 0.29) is 55.4 Å². The Labute approximate surface area is 268 Å². The molecule has 0 fully saturated rings. The van der Waals surface area contributed by atoms with E-state index in [0.29, 0.717) is 41.6 Å². The molecule has 11 nitrogen and oxygen atoms in total. The van der Waals surface area contributed by atoms with Crippen LogP contribution in [-0.2, 0) is 44.5 Å². The minimum Gasteiger partial charge on any atom is -0.466 e. The molecule has 1 heterocycles. The van der Waals surface area contributed by atoms with Crippen LogP contribution < -0.4 is 10.7 Å². The molecule has 13 heteroatoms. The van der Waals surface area contributed by atoms with Crippen LogP contribution in [0.4, 0.5) is 0 Å². The van der Waals surface area contributed by atoms with Gasteiger partial charge in [-0.15, -0.1) is 0 Å². The fourth-order valence-corrected chi connectivity index (χ4v) is 5.37. The lowest BCUT2D eigenvalue weighted by Gasteiger charge is -2.16. The zero-order valence-corrected chi connectivity index (χ0v) is 27.2. The topological polar surface area (TPSA) is 152 Å². The van der Waals surface area contributed by atoms with Crippen molar-refractivity contribution in [2.24, 2.45) is 7.05 Å². The van der Waals surface area contributed by atoms with Crippen molar-refractivity contribution < 1.29 is 32.1 Å². The standard InChI is InChI=1S/C32H40ClN3O8S/c1-35(17-19-45(41,42)43)29(37)9-5-3-4-6-10-30(38)44-18-7-8-23-13-16-28-26(20-23)31(39)27(22-36(28)2)32(40)34-21-24-11-14-25(33)15-12-24/h11-16,20,22H,3-10,17-19,21H2,1-2H3,(H,34,40)(H,41,42,43). The predicted molar refractivity (Wildman–Crippen MR) is 173 cm³/mol. The highest BCUT2D eigenvalue weighted by Gasteiger charge is 2.16. The van der Waals surface area contributed by atoms with Crippen molar-refractivity contribution >= 4 is 50.4 Å². The molecule has 0 aliphatic rings. The van der Waals surface area contributed by atoms with Crippen LogP contribution >= 0.6 is 11.6 Å². The van der Waals surface area contributed by atoms with Crippen LogP contribution in [0.5, 0.6) is 0 Å². The minimum absolute atomic E-state index is 0.0552. The molecule has 0 unspecified atom stereocenters. The second kappa shape index (κ2) is 17.1. The number of esters is 1. The van der Waals surface area contributed by atoms with Crippen LogP contribution in [0.15, 0.2) is 53.5 Å². The first kappa shape index (κ1) is 35.7. The number of ether oxygens (including phenoxy) is 1. The van der Waals surface area contributed by atoms with Gasteiger partial charge in [-0.1, -0.05) is 42.6 Å². The van der Waals surface area contributed by atoms with Gasteiger partial charge in [0.1, 0.15) is 5.56 Å². The number of carbonyl (C=O) groups excluding carboxylic acids is 3. The van der Waals surface area contributed by atoms with E-state index in [0.717, 1.165) is 24.0 Å². The van der Waals surface area contributed by atoms with Gasteiger partial charge < -0.3 is 19.5 Å². The first-order chi connectivity index (χ1) is 21.3. The molecule has 3 rings (SSSR count). The second-order valence-electron chi connectivity index (χ2n) is 11.0. The normalized spacial score (nSPS) is 11.4. The number of fused-ring (bicyclic) bond motifs is 1. The Morgan fingerprint density at radius 1 is 0.978 bits per heavy atom. The summed E-state index contributed by atoms with van der Waals surface area (Å²) >= 11 is 5.91. The third-order valence-corrected chi connectivity index (χ3v) is 8.32. The van der Waals surface area contributed by atoms with E-state index in [4.69, 9.17) is 20.9 Å². The predicted octanol–water partition coefficient (Wildman–Crippen LogP) is 4.28. The maximum atomic E-state index is 13.2. The van der Waals surface area contributed by atoms with Crippen LogP contribution in [0.3, 0.4) is 0 Å². The molecule has 0 atom stereocenters. The summed E-state index contributed by atoms with van der Waals surface area (Å²) in [4.78, 5) is 51.5. The van der Waals surface area contributed by atoms with Crippen LogP contribution in [0.2, 0.25) is 5.02 Å². The van der Waals surface area contributed by atoms with Gasteiger partial charge in [0.25, 0.3) is 16.0 Å². The summed E-state index contributed by atoms with van der Waals surface area (Å²) in [7, 11) is -0.829. The molecule has 0 spiro atoms. The average Bonchev–Trinajstić information content (AvgIpc) is 3.00. The average molecular weight is 662 g/mol. The lowest BCUT2D eigenvalue weighted by atomic mass is 10.0. The number of pyridine rings is 1. The Bertz CT molecular complexity index is 1660. The van der Waals surface area contributed by atoms with Gasteiger partial charge in [0.15, 0.2) is 0 Å². The number of halogens is 1. The molecule has 1 aromatic heterocycles. The summed E-state index contributed by atoms with van der Waals surface area (Å²) in [6, 6.07) is 12.6. The maximum absolute atomic E-state index is 13.2. The number of rotatable bonds is 17. The summed E-state index contributed by atoms with van der Waals surface area (Å²) in [5.74, 6) is -1.44. The van der Waals surface area contributed by atoms with E-state index >= 15 is 0 Å². The number of unbranched alkanes of at least 4 members (excludes halogenated alkanes) is 3. The molecule has 45 heavy (non-hydrogen) atoms. The molecule has 0 radical (unpaired) electrons. The molecule has 2 N–H and O–H groups in total. The largest absolute Gasteiger partial charge is 0.466 e. The maximum Gasteiger partial charge on any atom is 0.305 e. The summed E-state index contributed by atoms with van der Waals surface area (Å²) in [6.45, 7) is 0.445. The fourth-order valence-electron chi connectivity index (χ4n) is 4.74. The zero-order chi connectivity index (χ0) is 33.0. The first-order valence-electron chi connectivity index (χ1n) is 14.8. The van der Waals surface area contributed by atoms with E-state index < -0.39 is 21.8 Å². The number of nitrogens with one attached hydrogen (secondary N) is 1. The van der Waals surface area contributed by atoms with Crippen LogP contribution in [0.25, 0.3) is 10.9 Å². The third kappa shape index (κ3) is 11.9. The molecule has 0 aliphatic carbocycles. The van der Waals surface area contributed by atoms with Gasteiger partial charge >= 0.3 is 5.97 Å². The number of aromatic nitrogens is 1. The number of hydrogen-bond acceptors (Lipinski definition) is 7. The summed E-state index contributed by atoms with van der Waals surface area (Å²) in [5.41, 5.74) is 2.17. The SMILES string of the molecule is CN(CCS(=O)(=O)O)C(=O)CCCCCCC(=O)OCCCc1ccc2c(c1)c(=O)c(C(=O)NCc1ccc(Cl)cc1)cn2C. The van der Waals surface area contributed by atoms with Crippen molar-refractivity contribution in [3.8, 4) is 0 Å². The molecule has 2 aromatic carbocycles. The van der Waals surface area contributed by atoms with Crippen molar-refractivity contribution in [3.05, 3.63) is 80.6 Å². The molecule has 0 saturated carbocycles. The van der Waals surface area contributed by atoms with Crippen molar-refractivity contribution in [3.63, 3.8) is 0 Å². The Hall–Kier alpha value is -3.74. The number of carbonyl (C=O) groups is 3. The van der Waals surface area contributed by atoms with Gasteiger partial charge in [-0.2, -0.15) is 8.42 Å². The van der Waals surface area contributed by atoms with Crippen LogP contribution in [0.1, 0.15) is 66.4 Å². The molecular weight excluding hydrogens is 622 g/mol. The van der Waals surface area contributed by atoms with E-state index in [1.165, 1.54) is 18.1 Å².